The number of benzene rings is 2. The van der Waals surface area contributed by atoms with Crippen molar-refractivity contribution in [2.24, 2.45) is 0 Å². The lowest BCUT2D eigenvalue weighted by molar-refractivity contribution is -0.693. The van der Waals surface area contributed by atoms with Gasteiger partial charge < -0.3 is 10.6 Å². The summed E-state index contributed by atoms with van der Waals surface area (Å²) < 4.78 is 2.11. The third-order valence-corrected chi connectivity index (χ3v) is 5.67. The van der Waals surface area contributed by atoms with Crippen molar-refractivity contribution in [2.45, 2.75) is 39.9 Å². The number of carbonyl (C=O) groups excluding carboxylic acids is 1. The second-order valence-corrected chi connectivity index (χ2v) is 8.14. The lowest BCUT2D eigenvalue weighted by Gasteiger charge is -2.10. The highest BCUT2D eigenvalue weighted by atomic mass is 16.1. The van der Waals surface area contributed by atoms with E-state index in [0.717, 1.165) is 52.7 Å². The van der Waals surface area contributed by atoms with Gasteiger partial charge in [-0.25, -0.2) is 14.5 Å². The van der Waals surface area contributed by atoms with Crippen LogP contribution in [0.5, 0.6) is 0 Å². The maximum absolute atomic E-state index is 12.8. The maximum Gasteiger partial charge on any atom is 0.327 e. The molecule has 0 spiro atoms. The molecule has 0 aliphatic carbocycles. The second kappa shape index (κ2) is 11.1. The van der Waals surface area contributed by atoms with E-state index in [-0.39, 0.29) is 5.91 Å². The first-order chi connectivity index (χ1) is 17.1. The first kappa shape index (κ1) is 23.6. The van der Waals surface area contributed by atoms with Crippen LogP contribution in [0, 0.1) is 19.3 Å². The van der Waals surface area contributed by atoms with E-state index in [1.807, 2.05) is 49.4 Å². The van der Waals surface area contributed by atoms with Gasteiger partial charge in [0.05, 0.1) is 6.54 Å². The van der Waals surface area contributed by atoms with Gasteiger partial charge in [0.2, 0.25) is 0 Å². The van der Waals surface area contributed by atoms with Gasteiger partial charge in [-0.1, -0.05) is 25.0 Å². The van der Waals surface area contributed by atoms with Gasteiger partial charge >= 0.3 is 5.82 Å². The van der Waals surface area contributed by atoms with Crippen molar-refractivity contribution in [2.75, 3.05) is 5.32 Å². The zero-order chi connectivity index (χ0) is 24.6. The van der Waals surface area contributed by atoms with Crippen molar-refractivity contribution >= 4 is 11.6 Å². The highest BCUT2D eigenvalue weighted by Crippen LogP contribution is 2.14. The summed E-state index contributed by atoms with van der Waals surface area (Å²) in [7, 11) is 0. The van der Waals surface area contributed by atoms with Crippen LogP contribution in [0.15, 0.2) is 61.1 Å². The number of nitrogens with zero attached hydrogens (tertiary/aromatic N) is 4. The first-order valence-electron chi connectivity index (χ1n) is 11.5. The van der Waals surface area contributed by atoms with E-state index in [2.05, 4.69) is 48.2 Å². The number of carbonyl (C=O) groups is 1. The Morgan fingerprint density at radius 1 is 1.17 bits per heavy atom. The fraction of sp³-hybridized carbons (Fsp3) is 0.222. The van der Waals surface area contributed by atoms with Crippen molar-refractivity contribution in [3.8, 4) is 23.9 Å². The topological polar surface area (TPSA) is 99.5 Å². The van der Waals surface area contributed by atoms with Gasteiger partial charge in [-0.15, -0.1) is 11.5 Å². The number of H-pyrrole nitrogens is 1. The molecular formula is C27H28N7O+. The summed E-state index contributed by atoms with van der Waals surface area (Å²) in [6.07, 6.45) is 9.67. The van der Waals surface area contributed by atoms with Gasteiger partial charge in [0.1, 0.15) is 18.6 Å². The number of rotatable bonds is 9. The molecule has 8 nitrogen and oxygen atoms in total. The molecule has 8 heteroatoms. The van der Waals surface area contributed by atoms with Crippen molar-refractivity contribution in [1.82, 2.24) is 25.5 Å². The Hall–Kier alpha value is -4.51. The third kappa shape index (κ3) is 5.71. The van der Waals surface area contributed by atoms with E-state index >= 15 is 0 Å². The monoisotopic (exact) mass is 466 g/mol. The van der Waals surface area contributed by atoms with E-state index in [0.29, 0.717) is 18.7 Å². The van der Waals surface area contributed by atoms with Gasteiger partial charge in [-0.3, -0.25) is 4.79 Å². The molecule has 35 heavy (non-hydrogen) atoms. The molecule has 2 aromatic heterocycles. The van der Waals surface area contributed by atoms with Crippen LogP contribution in [0.25, 0.3) is 11.5 Å². The zero-order valence-electron chi connectivity index (χ0n) is 19.9. The van der Waals surface area contributed by atoms with Crippen LogP contribution < -0.4 is 15.2 Å². The average molecular weight is 467 g/mol. The Bertz CT molecular complexity index is 1360. The minimum absolute atomic E-state index is 0.146. The third-order valence-electron chi connectivity index (χ3n) is 5.67. The molecule has 4 rings (SSSR count). The Morgan fingerprint density at radius 2 is 2.06 bits per heavy atom. The number of aromatic nitrogens is 5. The zero-order valence-corrected chi connectivity index (χ0v) is 19.9. The van der Waals surface area contributed by atoms with Crippen molar-refractivity contribution < 1.29 is 9.36 Å². The molecule has 0 fully saturated rings. The standard InChI is InChI=1S/C27H27N7O/c1-4-13-34-25(32-33-26(34)24-11-12-28-18-31-24)17-29-23-8-6-7-21(15-23)27(35)30-16-22-14-20(5-2)10-9-19(22)3/h2,6-12,14-15,18,29H,4,13,16-17H2,1,3H3,(H,30,35)/p+1. The molecular weight excluding hydrogens is 438 g/mol. The van der Waals surface area contributed by atoms with E-state index < -0.39 is 0 Å². The molecule has 1 amide bonds. The number of aromatic amines is 1. The number of nitrogens with one attached hydrogen (secondary N) is 3. The molecule has 0 unspecified atom stereocenters. The SMILES string of the molecule is C#Cc1ccc(C)c(CNC(=O)c2cccc(NCc3[nH]nc(-c4ccncn4)[n+]3CCC)c2)c1. The van der Waals surface area contributed by atoms with Gasteiger partial charge in [0.25, 0.3) is 11.7 Å². The summed E-state index contributed by atoms with van der Waals surface area (Å²) in [6, 6.07) is 15.1. The summed E-state index contributed by atoms with van der Waals surface area (Å²) >= 11 is 0. The van der Waals surface area contributed by atoms with Crippen LogP contribution in [0.2, 0.25) is 0 Å². The number of hydrogen-bond acceptors (Lipinski definition) is 5. The summed E-state index contributed by atoms with van der Waals surface area (Å²) in [6.45, 7) is 5.85. The van der Waals surface area contributed by atoms with Crippen molar-refractivity contribution in [3.05, 3.63) is 89.1 Å². The number of anilines is 1. The number of hydrogen-bond donors (Lipinski definition) is 3. The van der Waals surface area contributed by atoms with E-state index in [1.165, 1.54) is 6.33 Å². The summed E-state index contributed by atoms with van der Waals surface area (Å²) in [4.78, 5) is 21.1. The second-order valence-electron chi connectivity index (χ2n) is 8.14. The molecule has 2 aromatic carbocycles. The summed E-state index contributed by atoms with van der Waals surface area (Å²) in [5.41, 5.74) is 5.06. The fourth-order valence-corrected chi connectivity index (χ4v) is 3.77. The Kier molecular flexibility index (Phi) is 7.48. The van der Waals surface area contributed by atoms with Crippen LogP contribution in [-0.4, -0.2) is 26.1 Å². The molecule has 0 bridgehead atoms. The van der Waals surface area contributed by atoms with E-state index in [1.54, 1.807) is 12.3 Å². The molecule has 0 atom stereocenters. The van der Waals surface area contributed by atoms with Gasteiger partial charge in [-0.2, -0.15) is 0 Å². The molecule has 3 N–H and O–H groups in total. The summed E-state index contributed by atoms with van der Waals surface area (Å²) in [5.74, 6) is 4.17. The predicted octanol–water partition coefficient (Wildman–Crippen LogP) is 3.40. The van der Waals surface area contributed by atoms with Gasteiger partial charge in [-0.05, 0) is 60.9 Å². The van der Waals surface area contributed by atoms with Crippen LogP contribution in [-0.2, 0) is 19.6 Å². The van der Waals surface area contributed by atoms with Gasteiger partial charge in [0.15, 0.2) is 0 Å². The van der Waals surface area contributed by atoms with Crippen LogP contribution >= 0.6 is 0 Å². The van der Waals surface area contributed by atoms with Crippen molar-refractivity contribution in [3.63, 3.8) is 0 Å². The molecule has 0 saturated heterocycles. The molecule has 4 aromatic rings. The van der Waals surface area contributed by atoms with Crippen LogP contribution in [0.4, 0.5) is 5.69 Å². The molecule has 0 aliphatic heterocycles. The lowest BCUT2D eigenvalue weighted by atomic mass is 10.1. The average Bonchev–Trinajstić information content (AvgIpc) is 3.30. The van der Waals surface area contributed by atoms with Crippen LogP contribution in [0.3, 0.4) is 0 Å². The maximum atomic E-state index is 12.8. The number of aryl methyl sites for hydroxylation is 1. The fourth-order valence-electron chi connectivity index (χ4n) is 3.77. The van der Waals surface area contributed by atoms with E-state index in [4.69, 9.17) is 6.42 Å². The Labute approximate surface area is 204 Å². The molecule has 0 aliphatic rings. The highest BCUT2D eigenvalue weighted by Gasteiger charge is 2.22. The molecule has 176 valence electrons. The molecule has 0 radical (unpaired) electrons. The van der Waals surface area contributed by atoms with Crippen molar-refractivity contribution in [1.29, 1.82) is 0 Å². The quantitative estimate of drug-likeness (QED) is 0.259. The molecule has 0 saturated carbocycles. The Morgan fingerprint density at radius 3 is 2.83 bits per heavy atom. The number of amides is 1. The van der Waals surface area contributed by atoms with Crippen LogP contribution in [0.1, 0.15) is 46.2 Å². The first-order valence-corrected chi connectivity index (χ1v) is 11.5. The largest absolute Gasteiger partial charge is 0.375 e. The number of terminal acetylenes is 1. The lowest BCUT2D eigenvalue weighted by Crippen LogP contribution is -2.39. The minimum atomic E-state index is -0.146. The van der Waals surface area contributed by atoms with E-state index in [9.17, 15) is 4.79 Å². The van der Waals surface area contributed by atoms with Gasteiger partial charge in [0, 0.05) is 34.7 Å². The smallest absolute Gasteiger partial charge is 0.327 e. The normalized spacial score (nSPS) is 10.5. The highest BCUT2D eigenvalue weighted by molar-refractivity contribution is 5.95. The predicted molar refractivity (Wildman–Crippen MR) is 134 cm³/mol. The Balaban J connectivity index is 1.43. The summed E-state index contributed by atoms with van der Waals surface area (Å²) in [5, 5.41) is 14.0. The molecule has 2 heterocycles. The minimum Gasteiger partial charge on any atom is -0.375 e.